The molecule has 0 saturated heterocycles. The summed E-state index contributed by atoms with van der Waals surface area (Å²) in [6.45, 7) is 6.62. The van der Waals surface area contributed by atoms with Crippen LogP contribution in [0, 0.1) is 6.92 Å². The summed E-state index contributed by atoms with van der Waals surface area (Å²) in [5, 5.41) is 2.36. The summed E-state index contributed by atoms with van der Waals surface area (Å²) in [7, 11) is 0. The molecule has 0 aliphatic carbocycles. The molecular formula is C71H50O2. The minimum atomic E-state index is -0.670. The molecule has 0 aromatic heterocycles. The predicted molar refractivity (Wildman–Crippen MR) is 300 cm³/mol. The van der Waals surface area contributed by atoms with Crippen LogP contribution in [0.5, 0.6) is 23.0 Å². The lowest BCUT2D eigenvalue weighted by atomic mass is 9.63. The van der Waals surface area contributed by atoms with Gasteiger partial charge in [-0.15, -0.1) is 0 Å². The van der Waals surface area contributed by atoms with E-state index in [1.54, 1.807) is 0 Å². The summed E-state index contributed by atoms with van der Waals surface area (Å²) < 4.78 is 13.4. The molecule has 346 valence electrons. The van der Waals surface area contributed by atoms with Crippen molar-refractivity contribution in [3.05, 3.63) is 341 Å². The number of hydrogen-bond donors (Lipinski definition) is 0. The highest BCUT2D eigenvalue weighted by Gasteiger charge is 2.47. The number of para-hydroxylation sites is 4. The van der Waals surface area contributed by atoms with Crippen molar-refractivity contribution >= 4 is 16.3 Å². The molecular weight excluding hydrogens is 885 g/mol. The highest BCUT2D eigenvalue weighted by Crippen LogP contribution is 2.57. The lowest BCUT2D eigenvalue weighted by molar-refractivity contribution is 0.434. The van der Waals surface area contributed by atoms with Gasteiger partial charge in [-0.3, -0.25) is 0 Å². The van der Waals surface area contributed by atoms with Crippen LogP contribution < -0.4 is 9.47 Å². The van der Waals surface area contributed by atoms with Crippen molar-refractivity contribution in [2.24, 2.45) is 0 Å². The fourth-order valence-electron chi connectivity index (χ4n) is 12.3. The maximum absolute atomic E-state index is 6.69. The van der Waals surface area contributed by atoms with Crippen LogP contribution in [0.15, 0.2) is 280 Å². The molecule has 73 heavy (non-hydrogen) atoms. The van der Waals surface area contributed by atoms with Crippen LogP contribution in [0.4, 0.5) is 0 Å². The third kappa shape index (κ3) is 6.86. The van der Waals surface area contributed by atoms with Gasteiger partial charge in [0.1, 0.15) is 23.0 Å². The van der Waals surface area contributed by atoms with Crippen molar-refractivity contribution in [2.75, 3.05) is 0 Å². The second kappa shape index (κ2) is 17.9. The summed E-state index contributed by atoms with van der Waals surface area (Å²) in [6.07, 6.45) is 4.12. The van der Waals surface area contributed by atoms with E-state index >= 15 is 0 Å². The fourth-order valence-corrected chi connectivity index (χ4v) is 12.3. The van der Waals surface area contributed by atoms with Gasteiger partial charge >= 0.3 is 0 Å². The predicted octanol–water partition coefficient (Wildman–Crippen LogP) is 18.1. The highest BCUT2D eigenvalue weighted by atomic mass is 16.5. The molecule has 0 N–H and O–H groups in total. The summed E-state index contributed by atoms with van der Waals surface area (Å²) in [4.78, 5) is 0. The normalized spacial score (nSPS) is 13.8. The van der Waals surface area contributed by atoms with E-state index in [4.69, 9.17) is 9.47 Å². The lowest BCUT2D eigenvalue weighted by Gasteiger charge is -2.41. The van der Waals surface area contributed by atoms with Gasteiger partial charge in [-0.25, -0.2) is 0 Å². The Morgan fingerprint density at radius 3 is 1.33 bits per heavy atom. The number of hydrogen-bond acceptors (Lipinski definition) is 2. The van der Waals surface area contributed by atoms with E-state index in [0.717, 1.165) is 78.6 Å². The van der Waals surface area contributed by atoms with Crippen molar-refractivity contribution in [2.45, 2.75) is 17.8 Å². The third-order valence-electron chi connectivity index (χ3n) is 15.3. The summed E-state index contributed by atoms with van der Waals surface area (Å²) in [5.41, 5.74) is 17.0. The first-order valence-corrected chi connectivity index (χ1v) is 25.1. The zero-order valence-corrected chi connectivity index (χ0v) is 40.5. The molecule has 2 aliphatic heterocycles. The van der Waals surface area contributed by atoms with Crippen molar-refractivity contribution < 1.29 is 9.47 Å². The number of benzene rings is 11. The van der Waals surface area contributed by atoms with E-state index in [1.807, 2.05) is 6.08 Å². The molecule has 0 spiro atoms. The van der Waals surface area contributed by atoms with Crippen molar-refractivity contribution in [3.63, 3.8) is 0 Å². The smallest absolute Gasteiger partial charge is 0.132 e. The van der Waals surface area contributed by atoms with E-state index in [0.29, 0.717) is 0 Å². The molecule has 13 rings (SSSR count). The van der Waals surface area contributed by atoms with Gasteiger partial charge in [0.25, 0.3) is 0 Å². The first-order chi connectivity index (χ1) is 36.1. The summed E-state index contributed by atoms with van der Waals surface area (Å²) >= 11 is 0. The van der Waals surface area contributed by atoms with Crippen LogP contribution in [0.3, 0.4) is 0 Å². The van der Waals surface area contributed by atoms with E-state index in [2.05, 4.69) is 280 Å². The van der Waals surface area contributed by atoms with Crippen LogP contribution in [0.25, 0.3) is 38.6 Å². The molecule has 0 saturated carbocycles. The van der Waals surface area contributed by atoms with E-state index in [1.165, 1.54) is 44.2 Å². The van der Waals surface area contributed by atoms with Gasteiger partial charge in [0.2, 0.25) is 0 Å². The van der Waals surface area contributed by atoms with Crippen LogP contribution >= 0.6 is 0 Å². The minimum absolute atomic E-state index is 0.655. The average Bonchev–Trinajstić information content (AvgIpc) is 3.46. The van der Waals surface area contributed by atoms with E-state index < -0.39 is 10.8 Å². The second-order valence-electron chi connectivity index (χ2n) is 19.1. The van der Waals surface area contributed by atoms with Crippen molar-refractivity contribution in [1.82, 2.24) is 0 Å². The summed E-state index contributed by atoms with van der Waals surface area (Å²) in [6, 6.07) is 94.3. The molecule has 11 aromatic rings. The molecule has 2 heterocycles. The monoisotopic (exact) mass is 934 g/mol. The molecule has 0 fully saturated rings. The van der Waals surface area contributed by atoms with Gasteiger partial charge in [0.15, 0.2) is 0 Å². The van der Waals surface area contributed by atoms with Crippen LogP contribution in [0.1, 0.15) is 61.2 Å². The molecule has 0 radical (unpaired) electrons. The van der Waals surface area contributed by atoms with Crippen LogP contribution in [0.2, 0.25) is 0 Å². The fraction of sp³-hybridized carbons (Fsp3) is 0.0423. The third-order valence-corrected chi connectivity index (χ3v) is 15.3. The maximum atomic E-state index is 6.69. The number of ether oxygens (including phenoxy) is 2. The van der Waals surface area contributed by atoms with Crippen LogP contribution in [-0.2, 0) is 10.8 Å². The van der Waals surface area contributed by atoms with Crippen molar-refractivity contribution in [1.29, 1.82) is 0 Å². The number of rotatable bonds is 9. The number of allylic oxidation sites excluding steroid dienone is 2. The zero-order chi connectivity index (χ0) is 48.9. The molecule has 2 aliphatic rings. The first-order valence-electron chi connectivity index (χ1n) is 25.1. The van der Waals surface area contributed by atoms with Gasteiger partial charge < -0.3 is 9.47 Å². The number of fused-ring (bicyclic) bond motifs is 5. The van der Waals surface area contributed by atoms with Gasteiger partial charge in [0, 0.05) is 22.3 Å². The Kier molecular flexibility index (Phi) is 10.7. The Hall–Kier alpha value is -9.24. The van der Waals surface area contributed by atoms with Gasteiger partial charge in [0.05, 0.1) is 10.8 Å². The molecule has 0 amide bonds. The average molecular weight is 935 g/mol. The van der Waals surface area contributed by atoms with E-state index in [9.17, 15) is 0 Å². The lowest BCUT2D eigenvalue weighted by Crippen LogP contribution is -2.34. The Labute approximate surface area is 427 Å². The standard InChI is InChI=1S/C71H50O2/c1-3-24-56(50-27-21-33-54(45-50)70(52-29-9-5-10-30-52)61-37-13-17-41-65(61)72-66-42-18-14-38-62(66)70)59-47-60-57(35-23-36-58(60)69(48(59)2)49-25-7-4-8-26-49)51-28-22-34-55(46-51)71(53-31-11-6-12-32-53)63-39-15-19-43-67(63)73-68-44-20-16-40-64(68)71/h3-47H,1H2,2H3/b56-24-. The Morgan fingerprint density at radius 2 is 0.808 bits per heavy atom. The quantitative estimate of drug-likeness (QED) is 0.134. The summed E-state index contributed by atoms with van der Waals surface area (Å²) in [5.74, 6) is 3.43. The van der Waals surface area contributed by atoms with Gasteiger partial charge in [-0.05, 0) is 127 Å². The SMILES string of the molecule is C=C/C=C(/c1cccc(C2(c3ccccc3)c3ccccc3Oc3ccccc32)c1)c1cc2c(-c3cccc(C4(c5ccccc5)c5ccccc5Oc5ccccc54)c3)cccc2c(-c2ccccc2)c1C. The maximum Gasteiger partial charge on any atom is 0.132 e. The Bertz CT molecular complexity index is 3850. The molecule has 0 atom stereocenters. The molecule has 11 aromatic carbocycles. The Balaban J connectivity index is 1.05. The molecule has 2 heteroatoms. The first kappa shape index (κ1) is 43.8. The Morgan fingerprint density at radius 1 is 0.384 bits per heavy atom. The topological polar surface area (TPSA) is 18.5 Å². The highest BCUT2D eigenvalue weighted by molar-refractivity contribution is 6.08. The largest absolute Gasteiger partial charge is 0.457 e. The van der Waals surface area contributed by atoms with Crippen molar-refractivity contribution in [3.8, 4) is 45.3 Å². The minimum Gasteiger partial charge on any atom is -0.457 e. The van der Waals surface area contributed by atoms with Crippen LogP contribution in [-0.4, -0.2) is 0 Å². The molecule has 0 bridgehead atoms. The second-order valence-corrected chi connectivity index (χ2v) is 19.1. The van der Waals surface area contributed by atoms with E-state index in [-0.39, 0.29) is 0 Å². The van der Waals surface area contributed by atoms with Gasteiger partial charge in [-0.1, -0.05) is 237 Å². The molecule has 0 unspecified atom stereocenters. The zero-order valence-electron chi connectivity index (χ0n) is 40.5. The van der Waals surface area contributed by atoms with Gasteiger partial charge in [-0.2, -0.15) is 0 Å². The molecule has 2 nitrogen and oxygen atoms in total.